The Morgan fingerprint density at radius 1 is 1.25 bits per heavy atom. The molecule has 2 aromatic rings. The van der Waals surface area contributed by atoms with Crippen molar-refractivity contribution in [2.45, 2.75) is 17.7 Å². The van der Waals surface area contributed by atoms with Crippen LogP contribution in [-0.4, -0.2) is 40.8 Å². The SMILES string of the molecule is O=CC1CCN(S(=O)(=O)c2cccc3nsnc23)CC1. The van der Waals surface area contributed by atoms with Crippen molar-refractivity contribution >= 4 is 39.1 Å². The zero-order chi connectivity index (χ0) is 14.2. The molecule has 20 heavy (non-hydrogen) atoms. The molecule has 1 aliphatic heterocycles. The third kappa shape index (κ3) is 2.23. The van der Waals surface area contributed by atoms with Gasteiger partial charge in [0, 0.05) is 19.0 Å². The second kappa shape index (κ2) is 5.19. The first kappa shape index (κ1) is 13.6. The van der Waals surface area contributed by atoms with E-state index in [1.54, 1.807) is 18.2 Å². The van der Waals surface area contributed by atoms with Crippen molar-refractivity contribution < 1.29 is 13.2 Å². The molecular weight excluding hydrogens is 298 g/mol. The number of hydrogen-bond donors (Lipinski definition) is 0. The molecule has 3 rings (SSSR count). The highest BCUT2D eigenvalue weighted by atomic mass is 32.2. The summed E-state index contributed by atoms with van der Waals surface area (Å²) in [6.45, 7) is 0.749. The minimum atomic E-state index is -3.57. The number of aldehydes is 1. The van der Waals surface area contributed by atoms with Crippen LogP contribution in [0.25, 0.3) is 11.0 Å². The molecule has 0 saturated carbocycles. The van der Waals surface area contributed by atoms with Crippen LogP contribution in [0.2, 0.25) is 0 Å². The van der Waals surface area contributed by atoms with Crippen LogP contribution in [-0.2, 0) is 14.8 Å². The van der Waals surface area contributed by atoms with E-state index in [-0.39, 0.29) is 10.8 Å². The summed E-state index contributed by atoms with van der Waals surface area (Å²) in [5, 5.41) is 0. The summed E-state index contributed by atoms with van der Waals surface area (Å²) >= 11 is 1.00. The van der Waals surface area contributed by atoms with Crippen LogP contribution in [0.3, 0.4) is 0 Å². The molecule has 0 bridgehead atoms. The lowest BCUT2D eigenvalue weighted by molar-refractivity contribution is -0.112. The molecule has 1 aromatic carbocycles. The van der Waals surface area contributed by atoms with Crippen LogP contribution in [0, 0.1) is 5.92 Å². The van der Waals surface area contributed by atoms with Crippen molar-refractivity contribution in [3.63, 3.8) is 0 Å². The van der Waals surface area contributed by atoms with Gasteiger partial charge in [0.15, 0.2) is 0 Å². The number of hydrogen-bond acceptors (Lipinski definition) is 6. The van der Waals surface area contributed by atoms with E-state index in [0.717, 1.165) is 18.0 Å². The highest BCUT2D eigenvalue weighted by Crippen LogP contribution is 2.27. The molecule has 1 aromatic heterocycles. The van der Waals surface area contributed by atoms with E-state index >= 15 is 0 Å². The quantitative estimate of drug-likeness (QED) is 0.798. The normalized spacial score (nSPS) is 18.4. The maximum absolute atomic E-state index is 12.7. The summed E-state index contributed by atoms with van der Waals surface area (Å²) in [6, 6.07) is 4.98. The second-order valence-electron chi connectivity index (χ2n) is 4.77. The van der Waals surface area contributed by atoms with Gasteiger partial charge >= 0.3 is 0 Å². The first-order valence-electron chi connectivity index (χ1n) is 6.29. The fourth-order valence-electron chi connectivity index (χ4n) is 2.38. The van der Waals surface area contributed by atoms with E-state index in [2.05, 4.69) is 8.75 Å². The van der Waals surface area contributed by atoms with E-state index in [4.69, 9.17) is 0 Å². The van der Waals surface area contributed by atoms with Crippen molar-refractivity contribution in [1.82, 2.24) is 13.1 Å². The average Bonchev–Trinajstić information content (AvgIpc) is 2.95. The van der Waals surface area contributed by atoms with E-state index in [1.807, 2.05) is 0 Å². The van der Waals surface area contributed by atoms with Crippen LogP contribution in [0.15, 0.2) is 23.1 Å². The van der Waals surface area contributed by atoms with Crippen molar-refractivity contribution in [3.05, 3.63) is 18.2 Å². The minimum absolute atomic E-state index is 0.0295. The van der Waals surface area contributed by atoms with E-state index < -0.39 is 10.0 Å². The number of carbonyl (C=O) groups is 1. The van der Waals surface area contributed by atoms with Crippen molar-refractivity contribution in [1.29, 1.82) is 0 Å². The molecule has 0 amide bonds. The minimum Gasteiger partial charge on any atom is -0.303 e. The Labute approximate surface area is 120 Å². The highest BCUT2D eigenvalue weighted by Gasteiger charge is 2.31. The second-order valence-corrected chi connectivity index (χ2v) is 7.20. The fraction of sp³-hybridized carbons (Fsp3) is 0.417. The monoisotopic (exact) mass is 311 g/mol. The van der Waals surface area contributed by atoms with Crippen LogP contribution in [0.4, 0.5) is 0 Å². The van der Waals surface area contributed by atoms with Crippen molar-refractivity contribution in [3.8, 4) is 0 Å². The molecule has 106 valence electrons. The van der Waals surface area contributed by atoms with Crippen LogP contribution in [0.1, 0.15) is 12.8 Å². The third-order valence-electron chi connectivity index (χ3n) is 3.56. The zero-order valence-corrected chi connectivity index (χ0v) is 12.2. The smallest absolute Gasteiger partial charge is 0.245 e. The molecule has 0 atom stereocenters. The van der Waals surface area contributed by atoms with Gasteiger partial charge in [-0.3, -0.25) is 0 Å². The third-order valence-corrected chi connectivity index (χ3v) is 6.03. The molecule has 0 radical (unpaired) electrons. The Morgan fingerprint density at radius 3 is 2.70 bits per heavy atom. The Bertz CT molecular complexity index is 733. The number of piperidine rings is 1. The summed E-state index contributed by atoms with van der Waals surface area (Å²) in [5.74, 6) is -0.0295. The fourth-order valence-corrected chi connectivity index (χ4v) is 4.60. The maximum Gasteiger partial charge on any atom is 0.245 e. The standard InChI is InChI=1S/C12H13N3O3S2/c16-8-9-4-6-15(7-5-9)20(17,18)11-3-1-2-10-12(11)14-19-13-10/h1-3,8-9H,4-7H2. The lowest BCUT2D eigenvalue weighted by Gasteiger charge is -2.28. The average molecular weight is 311 g/mol. The van der Waals surface area contributed by atoms with Crippen molar-refractivity contribution in [2.24, 2.45) is 5.92 Å². The number of nitrogens with zero attached hydrogens (tertiary/aromatic N) is 3. The Hall–Kier alpha value is -1.38. The van der Waals surface area contributed by atoms with Gasteiger partial charge in [-0.1, -0.05) is 6.07 Å². The number of fused-ring (bicyclic) bond motifs is 1. The molecule has 1 aliphatic rings. The molecule has 0 unspecified atom stereocenters. The largest absolute Gasteiger partial charge is 0.303 e. The zero-order valence-electron chi connectivity index (χ0n) is 10.6. The van der Waals surface area contributed by atoms with Crippen LogP contribution < -0.4 is 0 Å². The van der Waals surface area contributed by atoms with Crippen LogP contribution >= 0.6 is 11.7 Å². The first-order chi connectivity index (χ1) is 9.63. The summed E-state index contributed by atoms with van der Waals surface area (Å²) < 4.78 is 34.9. The van der Waals surface area contributed by atoms with E-state index in [9.17, 15) is 13.2 Å². The maximum atomic E-state index is 12.7. The predicted molar refractivity (Wildman–Crippen MR) is 75.0 cm³/mol. The van der Waals surface area contributed by atoms with E-state index in [1.165, 1.54) is 4.31 Å². The number of sulfonamides is 1. The van der Waals surface area contributed by atoms with Gasteiger partial charge in [-0.25, -0.2) is 8.42 Å². The molecule has 0 aliphatic carbocycles. The highest BCUT2D eigenvalue weighted by molar-refractivity contribution is 7.89. The molecule has 1 saturated heterocycles. The lowest BCUT2D eigenvalue weighted by Crippen LogP contribution is -2.38. The Morgan fingerprint density at radius 2 is 2.00 bits per heavy atom. The van der Waals surface area contributed by atoms with Gasteiger partial charge < -0.3 is 4.79 Å². The summed E-state index contributed by atoms with van der Waals surface area (Å²) in [7, 11) is -3.57. The van der Waals surface area contributed by atoms with Gasteiger partial charge in [0.2, 0.25) is 10.0 Å². The molecule has 2 heterocycles. The Kier molecular flexibility index (Phi) is 3.53. The summed E-state index contributed by atoms with van der Waals surface area (Å²) in [4.78, 5) is 10.9. The van der Waals surface area contributed by atoms with Gasteiger partial charge in [-0.05, 0) is 25.0 Å². The predicted octanol–water partition coefficient (Wildman–Crippen LogP) is 1.29. The van der Waals surface area contributed by atoms with Crippen LogP contribution in [0.5, 0.6) is 0 Å². The number of rotatable bonds is 3. The number of benzene rings is 1. The van der Waals surface area contributed by atoms with Gasteiger partial charge in [-0.2, -0.15) is 13.1 Å². The summed E-state index contributed by atoms with van der Waals surface area (Å²) in [5.41, 5.74) is 1.02. The molecule has 0 N–H and O–H groups in total. The van der Waals surface area contributed by atoms with Gasteiger partial charge in [0.05, 0.1) is 11.7 Å². The lowest BCUT2D eigenvalue weighted by atomic mass is 10.0. The Balaban J connectivity index is 1.96. The van der Waals surface area contributed by atoms with Gasteiger partial charge in [0.25, 0.3) is 0 Å². The molecule has 6 nitrogen and oxygen atoms in total. The first-order valence-corrected chi connectivity index (χ1v) is 8.46. The van der Waals surface area contributed by atoms with Gasteiger partial charge in [0.1, 0.15) is 22.2 Å². The number of aromatic nitrogens is 2. The molecule has 1 fully saturated rings. The molecule has 8 heteroatoms. The van der Waals surface area contributed by atoms with Crippen molar-refractivity contribution in [2.75, 3.05) is 13.1 Å². The van der Waals surface area contributed by atoms with Gasteiger partial charge in [-0.15, -0.1) is 0 Å². The molecular formula is C12H13N3O3S2. The summed E-state index contributed by atoms with van der Waals surface area (Å²) in [6.07, 6.45) is 2.07. The molecule has 0 spiro atoms. The topological polar surface area (TPSA) is 80.2 Å². The number of carbonyl (C=O) groups excluding carboxylic acids is 1. The van der Waals surface area contributed by atoms with E-state index in [0.29, 0.717) is 37.0 Å².